The molecule has 1 N–H and O–H groups in total. The molecule has 1 unspecified atom stereocenters. The number of carbonyl (C=O) groups is 1. The summed E-state index contributed by atoms with van der Waals surface area (Å²) in [6.07, 6.45) is 0. The largest absolute Gasteiger partial charge is 0.371 e. The van der Waals surface area contributed by atoms with Crippen LogP contribution < -0.4 is 5.32 Å². The Morgan fingerprint density at radius 1 is 0.885 bits per heavy atom. The lowest BCUT2D eigenvalue weighted by atomic mass is 9.97. The van der Waals surface area contributed by atoms with E-state index in [2.05, 4.69) is 5.32 Å². The van der Waals surface area contributed by atoms with E-state index in [1.165, 1.54) is 18.2 Å². The number of anilines is 1. The number of nitrogens with one attached hydrogen (secondary N) is 1. The van der Waals surface area contributed by atoms with Crippen LogP contribution in [-0.2, 0) is 0 Å². The van der Waals surface area contributed by atoms with E-state index in [1.54, 1.807) is 48.5 Å². The fraction of sp³-hybridized carbons (Fsp3) is 0.0500. The number of halogens is 4. The van der Waals surface area contributed by atoms with E-state index in [9.17, 15) is 9.18 Å². The van der Waals surface area contributed by atoms with Crippen LogP contribution in [0, 0.1) is 5.82 Å². The van der Waals surface area contributed by atoms with E-state index >= 15 is 0 Å². The molecule has 6 heteroatoms. The molecule has 3 rings (SSSR count). The number of hydrogen-bond acceptors (Lipinski definition) is 2. The first-order valence-electron chi connectivity index (χ1n) is 7.71. The number of hydrogen-bond donors (Lipinski definition) is 1. The molecule has 3 aromatic rings. The van der Waals surface area contributed by atoms with E-state index in [0.29, 0.717) is 26.9 Å². The lowest BCUT2D eigenvalue weighted by Gasteiger charge is -2.21. The second-order valence-electron chi connectivity index (χ2n) is 5.62. The third-order valence-electron chi connectivity index (χ3n) is 3.80. The summed E-state index contributed by atoms with van der Waals surface area (Å²) >= 11 is 18.1. The normalized spacial score (nSPS) is 11.8. The van der Waals surface area contributed by atoms with Crippen molar-refractivity contribution in [3.63, 3.8) is 0 Å². The van der Waals surface area contributed by atoms with Crippen molar-refractivity contribution in [2.45, 2.75) is 6.04 Å². The van der Waals surface area contributed by atoms with Crippen molar-refractivity contribution < 1.29 is 9.18 Å². The summed E-state index contributed by atoms with van der Waals surface area (Å²) < 4.78 is 13.4. The lowest BCUT2D eigenvalue weighted by molar-refractivity contribution is 0.0969. The van der Waals surface area contributed by atoms with Crippen molar-refractivity contribution in [3.8, 4) is 0 Å². The van der Waals surface area contributed by atoms with Gasteiger partial charge >= 0.3 is 0 Å². The van der Waals surface area contributed by atoms with E-state index in [0.717, 1.165) is 0 Å². The van der Waals surface area contributed by atoms with Crippen LogP contribution in [0.2, 0.25) is 15.1 Å². The Bertz CT molecular complexity index is 944. The maximum absolute atomic E-state index is 13.4. The minimum atomic E-state index is -0.817. The molecular weight excluding hydrogens is 396 g/mol. The summed E-state index contributed by atoms with van der Waals surface area (Å²) in [4.78, 5) is 13.1. The number of rotatable bonds is 5. The molecular formula is C20H13Cl3FNO. The Morgan fingerprint density at radius 3 is 2.27 bits per heavy atom. The molecule has 0 aromatic heterocycles. The summed E-state index contributed by atoms with van der Waals surface area (Å²) in [7, 11) is 0. The molecule has 0 aliphatic heterocycles. The van der Waals surface area contributed by atoms with E-state index in [-0.39, 0.29) is 10.8 Å². The Kier molecular flexibility index (Phi) is 5.82. The SMILES string of the molecule is O=C(c1ccc(Cl)cc1)C(Nc1cccc(Cl)c1)c1ccc(F)cc1Cl. The van der Waals surface area contributed by atoms with Gasteiger partial charge in [0.15, 0.2) is 5.78 Å². The molecule has 2 nitrogen and oxygen atoms in total. The molecule has 0 saturated carbocycles. The zero-order chi connectivity index (χ0) is 18.7. The molecule has 3 aromatic carbocycles. The minimum Gasteiger partial charge on any atom is -0.371 e. The van der Waals surface area contributed by atoms with Gasteiger partial charge in [0.05, 0.1) is 0 Å². The second kappa shape index (κ2) is 8.09. The van der Waals surface area contributed by atoms with Gasteiger partial charge in [0.25, 0.3) is 0 Å². The molecule has 0 radical (unpaired) electrons. The third-order valence-corrected chi connectivity index (χ3v) is 4.61. The Hall–Kier alpha value is -2.07. The Morgan fingerprint density at radius 2 is 1.62 bits per heavy atom. The van der Waals surface area contributed by atoms with Gasteiger partial charge in [-0.2, -0.15) is 0 Å². The minimum absolute atomic E-state index is 0.159. The quantitative estimate of drug-likeness (QED) is 0.469. The van der Waals surface area contributed by atoms with Gasteiger partial charge in [-0.1, -0.05) is 46.9 Å². The van der Waals surface area contributed by atoms with Gasteiger partial charge in [-0.25, -0.2) is 4.39 Å². The maximum atomic E-state index is 13.4. The first-order valence-corrected chi connectivity index (χ1v) is 8.84. The third kappa shape index (κ3) is 4.36. The summed E-state index contributed by atoms with van der Waals surface area (Å²) in [6, 6.07) is 16.6. The van der Waals surface area contributed by atoms with Gasteiger partial charge in [0.1, 0.15) is 11.9 Å². The molecule has 0 spiro atoms. The molecule has 132 valence electrons. The van der Waals surface area contributed by atoms with E-state index in [1.807, 2.05) is 0 Å². The monoisotopic (exact) mass is 407 g/mol. The predicted molar refractivity (Wildman–Crippen MR) is 105 cm³/mol. The van der Waals surface area contributed by atoms with E-state index < -0.39 is 11.9 Å². The van der Waals surface area contributed by atoms with Crippen molar-refractivity contribution in [1.29, 1.82) is 0 Å². The average molecular weight is 409 g/mol. The van der Waals surface area contributed by atoms with Gasteiger partial charge < -0.3 is 5.32 Å². The topological polar surface area (TPSA) is 29.1 Å². The zero-order valence-electron chi connectivity index (χ0n) is 13.3. The number of ketones is 1. The molecule has 0 fully saturated rings. The predicted octanol–water partition coefficient (Wildman–Crippen LogP) is 6.82. The summed E-state index contributed by atoms with van der Waals surface area (Å²) in [6.45, 7) is 0. The first-order chi connectivity index (χ1) is 12.4. The summed E-state index contributed by atoms with van der Waals surface area (Å²) in [5.74, 6) is -0.700. The molecule has 1 atom stereocenters. The Labute approximate surface area is 165 Å². The van der Waals surface area contributed by atoms with Crippen LogP contribution in [0.25, 0.3) is 0 Å². The highest BCUT2D eigenvalue weighted by atomic mass is 35.5. The molecule has 0 saturated heterocycles. The van der Waals surface area contributed by atoms with Crippen molar-refractivity contribution in [3.05, 3.63) is 98.7 Å². The number of Topliss-reactive ketones (excluding diaryl/α,β-unsaturated/α-hetero) is 1. The van der Waals surface area contributed by atoms with Crippen LogP contribution >= 0.6 is 34.8 Å². The van der Waals surface area contributed by atoms with Crippen molar-refractivity contribution in [2.75, 3.05) is 5.32 Å². The van der Waals surface area contributed by atoms with Crippen LogP contribution in [-0.4, -0.2) is 5.78 Å². The van der Waals surface area contributed by atoms with Gasteiger partial charge in [-0.05, 0) is 54.6 Å². The van der Waals surface area contributed by atoms with Crippen LogP contribution in [0.5, 0.6) is 0 Å². The second-order valence-corrected chi connectivity index (χ2v) is 6.90. The standard InChI is InChI=1S/C20H13Cl3FNO/c21-13-6-4-12(5-7-13)20(26)19(17-9-8-15(24)11-18(17)23)25-16-3-1-2-14(22)10-16/h1-11,19,25H. The van der Waals surface area contributed by atoms with Crippen LogP contribution in [0.4, 0.5) is 10.1 Å². The number of carbonyl (C=O) groups excluding carboxylic acids is 1. The molecule has 0 heterocycles. The van der Waals surface area contributed by atoms with Crippen molar-refractivity contribution >= 4 is 46.3 Å². The highest BCUT2D eigenvalue weighted by Gasteiger charge is 2.24. The van der Waals surface area contributed by atoms with Crippen LogP contribution in [0.15, 0.2) is 66.7 Å². The molecule has 26 heavy (non-hydrogen) atoms. The highest BCUT2D eigenvalue weighted by Crippen LogP contribution is 2.30. The lowest BCUT2D eigenvalue weighted by Crippen LogP contribution is -2.21. The molecule has 0 bridgehead atoms. The van der Waals surface area contributed by atoms with Crippen LogP contribution in [0.3, 0.4) is 0 Å². The molecule has 0 aliphatic carbocycles. The zero-order valence-corrected chi connectivity index (χ0v) is 15.6. The fourth-order valence-corrected chi connectivity index (χ4v) is 3.14. The van der Waals surface area contributed by atoms with E-state index in [4.69, 9.17) is 34.8 Å². The highest BCUT2D eigenvalue weighted by molar-refractivity contribution is 6.32. The fourth-order valence-electron chi connectivity index (χ4n) is 2.55. The maximum Gasteiger partial charge on any atom is 0.189 e. The van der Waals surface area contributed by atoms with Crippen LogP contribution in [0.1, 0.15) is 22.0 Å². The average Bonchev–Trinajstić information content (AvgIpc) is 2.60. The summed E-state index contributed by atoms with van der Waals surface area (Å²) in [5.41, 5.74) is 1.56. The number of benzene rings is 3. The molecule has 0 aliphatic rings. The van der Waals surface area contributed by atoms with Gasteiger partial charge in [0.2, 0.25) is 0 Å². The van der Waals surface area contributed by atoms with Crippen molar-refractivity contribution in [1.82, 2.24) is 0 Å². The first kappa shape index (κ1) is 18.7. The Balaban J connectivity index is 2.03. The van der Waals surface area contributed by atoms with Gasteiger partial charge in [-0.15, -0.1) is 0 Å². The molecule has 0 amide bonds. The van der Waals surface area contributed by atoms with Gasteiger partial charge in [-0.3, -0.25) is 4.79 Å². The van der Waals surface area contributed by atoms with Gasteiger partial charge in [0, 0.05) is 31.9 Å². The summed E-state index contributed by atoms with van der Waals surface area (Å²) in [5, 5.41) is 4.35. The smallest absolute Gasteiger partial charge is 0.189 e. The van der Waals surface area contributed by atoms with Crippen molar-refractivity contribution in [2.24, 2.45) is 0 Å².